The van der Waals surface area contributed by atoms with Crippen LogP contribution in [-0.4, -0.2) is 30.1 Å². The number of aromatic nitrogens is 2. The fourth-order valence-electron chi connectivity index (χ4n) is 1.47. The molecule has 0 aliphatic rings. The summed E-state index contributed by atoms with van der Waals surface area (Å²) in [4.78, 5) is 10.9. The van der Waals surface area contributed by atoms with Crippen molar-refractivity contribution in [1.29, 1.82) is 0 Å². The highest BCUT2D eigenvalue weighted by atomic mass is 32.2. The highest BCUT2D eigenvalue weighted by Gasteiger charge is 2.22. The van der Waals surface area contributed by atoms with E-state index in [-0.39, 0.29) is 16.3 Å². The predicted octanol–water partition coefficient (Wildman–Crippen LogP) is 0.940. The van der Waals surface area contributed by atoms with E-state index in [0.717, 1.165) is 0 Å². The van der Waals surface area contributed by atoms with Crippen LogP contribution in [-0.2, 0) is 9.84 Å². The summed E-state index contributed by atoms with van der Waals surface area (Å²) in [7, 11) is -3.47. The van der Waals surface area contributed by atoms with Crippen LogP contribution >= 0.6 is 0 Å². The van der Waals surface area contributed by atoms with Gasteiger partial charge in [-0.2, -0.15) is 5.10 Å². The lowest BCUT2D eigenvalue weighted by atomic mass is 10.3. The summed E-state index contributed by atoms with van der Waals surface area (Å²) in [6.07, 6.45) is 2.14. The van der Waals surface area contributed by atoms with Crippen LogP contribution in [0.2, 0.25) is 0 Å². The molecule has 16 heavy (non-hydrogen) atoms. The maximum absolute atomic E-state index is 11.7. The molecular formula is C10H10N2O3S. The van der Waals surface area contributed by atoms with Crippen LogP contribution in [0, 0.1) is 0 Å². The molecule has 2 aromatic heterocycles. The van der Waals surface area contributed by atoms with Gasteiger partial charge < -0.3 is 0 Å². The van der Waals surface area contributed by atoms with Crippen molar-refractivity contribution in [1.82, 2.24) is 9.61 Å². The lowest BCUT2D eigenvalue weighted by Crippen LogP contribution is -2.06. The number of rotatable bonds is 3. The van der Waals surface area contributed by atoms with Crippen LogP contribution in [0.4, 0.5) is 0 Å². The minimum Gasteiger partial charge on any atom is -0.298 e. The molecule has 2 rings (SSSR count). The number of nitrogens with zero attached hydrogens (tertiary/aromatic N) is 2. The Morgan fingerprint density at radius 2 is 2.19 bits per heavy atom. The molecule has 0 unspecified atom stereocenters. The number of sulfone groups is 1. The van der Waals surface area contributed by atoms with Gasteiger partial charge >= 0.3 is 0 Å². The summed E-state index contributed by atoms with van der Waals surface area (Å²) in [6.45, 7) is 1.52. The van der Waals surface area contributed by atoms with Crippen molar-refractivity contribution in [3.8, 4) is 0 Å². The smallest absolute Gasteiger partial charge is 0.197 e. The van der Waals surface area contributed by atoms with Crippen LogP contribution in [0.3, 0.4) is 0 Å². The molecule has 6 heteroatoms. The molecule has 0 aliphatic carbocycles. The van der Waals surface area contributed by atoms with Crippen molar-refractivity contribution in [2.45, 2.75) is 11.9 Å². The lowest BCUT2D eigenvalue weighted by molar-refractivity contribution is 0.112. The van der Waals surface area contributed by atoms with Crippen LogP contribution < -0.4 is 0 Å². The van der Waals surface area contributed by atoms with Crippen molar-refractivity contribution in [3.05, 3.63) is 30.0 Å². The lowest BCUT2D eigenvalue weighted by Gasteiger charge is -1.95. The van der Waals surface area contributed by atoms with Gasteiger partial charge in [0.15, 0.2) is 21.1 Å². The zero-order valence-electron chi connectivity index (χ0n) is 8.62. The second-order valence-electron chi connectivity index (χ2n) is 3.27. The third-order valence-corrected chi connectivity index (χ3v) is 3.99. The summed E-state index contributed by atoms with van der Waals surface area (Å²) >= 11 is 0. The van der Waals surface area contributed by atoms with E-state index in [1.807, 2.05) is 0 Å². The van der Waals surface area contributed by atoms with Gasteiger partial charge in [0, 0.05) is 6.20 Å². The number of carbonyl (C=O) groups excluding carboxylic acids is 1. The Hall–Kier alpha value is -1.69. The Morgan fingerprint density at radius 1 is 1.44 bits per heavy atom. The molecule has 0 aromatic carbocycles. The summed E-state index contributed by atoms with van der Waals surface area (Å²) < 4.78 is 24.8. The molecule has 0 radical (unpaired) electrons. The highest BCUT2D eigenvalue weighted by Crippen LogP contribution is 2.19. The van der Waals surface area contributed by atoms with Gasteiger partial charge in [0.1, 0.15) is 0 Å². The number of carbonyl (C=O) groups is 1. The molecular weight excluding hydrogens is 228 g/mol. The van der Waals surface area contributed by atoms with Gasteiger partial charge in [0.2, 0.25) is 0 Å². The normalized spacial score (nSPS) is 11.8. The van der Waals surface area contributed by atoms with Crippen molar-refractivity contribution < 1.29 is 13.2 Å². The van der Waals surface area contributed by atoms with E-state index in [1.54, 1.807) is 24.4 Å². The van der Waals surface area contributed by atoms with E-state index in [1.165, 1.54) is 11.4 Å². The monoisotopic (exact) mass is 238 g/mol. The third kappa shape index (κ3) is 1.51. The molecule has 5 nitrogen and oxygen atoms in total. The zero-order chi connectivity index (χ0) is 11.8. The largest absolute Gasteiger partial charge is 0.298 e. The van der Waals surface area contributed by atoms with Gasteiger partial charge in [0.05, 0.1) is 16.8 Å². The first kappa shape index (κ1) is 10.8. The average Bonchev–Trinajstić information content (AvgIpc) is 2.68. The first-order valence-corrected chi connectivity index (χ1v) is 6.40. The van der Waals surface area contributed by atoms with E-state index < -0.39 is 9.84 Å². The minimum atomic E-state index is -3.47. The molecule has 2 aromatic rings. The molecule has 84 valence electrons. The van der Waals surface area contributed by atoms with E-state index in [0.29, 0.717) is 11.8 Å². The fraction of sp³-hybridized carbons (Fsp3) is 0.200. The Kier molecular flexibility index (Phi) is 2.51. The van der Waals surface area contributed by atoms with Gasteiger partial charge in [-0.15, -0.1) is 0 Å². The average molecular weight is 238 g/mol. The quantitative estimate of drug-likeness (QED) is 0.746. The molecule has 2 heterocycles. The number of fused-ring (bicyclic) bond motifs is 1. The molecule has 0 spiro atoms. The Balaban J connectivity index is 2.86. The van der Waals surface area contributed by atoms with Gasteiger partial charge in [-0.25, -0.2) is 12.9 Å². The molecule has 0 fully saturated rings. The van der Waals surface area contributed by atoms with E-state index in [9.17, 15) is 13.2 Å². The number of hydrogen-bond acceptors (Lipinski definition) is 4. The van der Waals surface area contributed by atoms with Gasteiger partial charge in [-0.1, -0.05) is 13.0 Å². The van der Waals surface area contributed by atoms with E-state index in [2.05, 4.69) is 5.10 Å². The molecule has 0 atom stereocenters. The van der Waals surface area contributed by atoms with Gasteiger partial charge in [-0.3, -0.25) is 4.79 Å². The molecule has 0 saturated carbocycles. The summed E-state index contributed by atoms with van der Waals surface area (Å²) in [6, 6.07) is 5.11. The Bertz CT molecular complexity index is 643. The third-order valence-electron chi connectivity index (χ3n) is 2.34. The van der Waals surface area contributed by atoms with Crippen LogP contribution in [0.1, 0.15) is 17.3 Å². The van der Waals surface area contributed by atoms with Gasteiger partial charge in [-0.05, 0) is 12.1 Å². The number of aldehydes is 1. The molecule has 0 bridgehead atoms. The second-order valence-corrected chi connectivity index (χ2v) is 5.46. The van der Waals surface area contributed by atoms with Gasteiger partial charge in [0.25, 0.3) is 0 Å². The molecule has 0 aliphatic heterocycles. The van der Waals surface area contributed by atoms with Crippen molar-refractivity contribution in [2.75, 3.05) is 5.75 Å². The predicted molar refractivity (Wildman–Crippen MR) is 58.3 cm³/mol. The second kappa shape index (κ2) is 3.71. The minimum absolute atomic E-state index is 0.0717. The Labute approximate surface area is 92.6 Å². The molecule has 0 amide bonds. The number of pyridine rings is 1. The van der Waals surface area contributed by atoms with E-state index >= 15 is 0 Å². The first-order valence-electron chi connectivity index (χ1n) is 4.75. The van der Waals surface area contributed by atoms with Crippen LogP contribution in [0.15, 0.2) is 29.4 Å². The zero-order valence-corrected chi connectivity index (χ0v) is 9.44. The Morgan fingerprint density at radius 3 is 2.81 bits per heavy atom. The van der Waals surface area contributed by atoms with Crippen molar-refractivity contribution in [2.24, 2.45) is 0 Å². The highest BCUT2D eigenvalue weighted by molar-refractivity contribution is 7.91. The standard InChI is InChI=1S/C10H10N2O3S/c1-2-16(14,15)10-8(7-13)9-5-3-4-6-12(9)11-10/h3-7H,2H2,1H3. The van der Waals surface area contributed by atoms with Crippen molar-refractivity contribution >= 4 is 21.6 Å². The number of hydrogen-bond donors (Lipinski definition) is 0. The molecule has 0 N–H and O–H groups in total. The maximum Gasteiger partial charge on any atom is 0.197 e. The summed E-state index contributed by atoms with van der Waals surface area (Å²) in [5.74, 6) is -0.0717. The van der Waals surface area contributed by atoms with Crippen LogP contribution in [0.5, 0.6) is 0 Å². The molecule has 0 saturated heterocycles. The first-order chi connectivity index (χ1) is 7.60. The van der Waals surface area contributed by atoms with E-state index in [4.69, 9.17) is 0 Å². The van der Waals surface area contributed by atoms with Crippen LogP contribution in [0.25, 0.3) is 5.52 Å². The maximum atomic E-state index is 11.7. The fourth-order valence-corrected chi connectivity index (χ4v) is 2.45. The van der Waals surface area contributed by atoms with Crippen molar-refractivity contribution in [3.63, 3.8) is 0 Å². The summed E-state index contributed by atoms with van der Waals surface area (Å²) in [5, 5.41) is 3.78. The topological polar surface area (TPSA) is 68.5 Å². The summed E-state index contributed by atoms with van der Waals surface area (Å²) in [5.41, 5.74) is 0.631. The SMILES string of the molecule is CCS(=O)(=O)c1nn2ccccc2c1C=O.